The number of hydrogen-bond donors (Lipinski definition) is 0. The van der Waals surface area contributed by atoms with Crippen molar-refractivity contribution >= 4 is 0 Å². The first-order valence-corrected chi connectivity index (χ1v) is 5.34. The van der Waals surface area contributed by atoms with Gasteiger partial charge in [-0.25, -0.2) is 0 Å². The van der Waals surface area contributed by atoms with E-state index in [0.717, 1.165) is 11.5 Å². The molecular weight excluding hydrogens is 200 g/mol. The van der Waals surface area contributed by atoms with E-state index in [-0.39, 0.29) is 5.41 Å². The highest BCUT2D eigenvalue weighted by molar-refractivity contribution is 5.36. The summed E-state index contributed by atoms with van der Waals surface area (Å²) in [6.07, 6.45) is 0. The predicted octanol–water partition coefficient (Wildman–Crippen LogP) is 2.27. The lowest BCUT2D eigenvalue weighted by atomic mass is 9.87. The van der Waals surface area contributed by atoms with Crippen LogP contribution in [0.1, 0.15) is 32.2 Å². The zero-order valence-corrected chi connectivity index (χ0v) is 10.1. The Bertz CT molecular complexity index is 476. The molecule has 1 aromatic heterocycles. The van der Waals surface area contributed by atoms with Crippen LogP contribution in [0.5, 0.6) is 0 Å². The third-order valence-electron chi connectivity index (χ3n) is 2.60. The summed E-state index contributed by atoms with van der Waals surface area (Å²) in [6.45, 7) is 8.48. The van der Waals surface area contributed by atoms with Crippen molar-refractivity contribution in [1.82, 2.24) is 20.2 Å². The summed E-state index contributed by atoms with van der Waals surface area (Å²) < 4.78 is 1.73. The average molecular weight is 216 g/mol. The summed E-state index contributed by atoms with van der Waals surface area (Å²) in [6, 6.07) is 8.33. The molecule has 1 aromatic carbocycles. The maximum absolute atomic E-state index is 3.93. The van der Waals surface area contributed by atoms with Crippen molar-refractivity contribution in [3.8, 4) is 5.69 Å². The molecule has 2 rings (SSSR count). The Kier molecular flexibility index (Phi) is 2.50. The number of aryl methyl sites for hydroxylation is 1. The lowest BCUT2D eigenvalue weighted by Gasteiger charge is -2.19. The van der Waals surface area contributed by atoms with Crippen LogP contribution in [0.25, 0.3) is 5.69 Å². The minimum atomic E-state index is 0.175. The first-order valence-electron chi connectivity index (χ1n) is 5.34. The molecule has 0 atom stereocenters. The average Bonchev–Trinajstić information content (AvgIpc) is 2.63. The van der Waals surface area contributed by atoms with Gasteiger partial charge in [-0.3, -0.25) is 0 Å². The van der Waals surface area contributed by atoms with Crippen molar-refractivity contribution in [2.75, 3.05) is 0 Å². The Hall–Kier alpha value is -1.71. The summed E-state index contributed by atoms with van der Waals surface area (Å²) in [5, 5.41) is 11.4. The van der Waals surface area contributed by atoms with Crippen LogP contribution in [0.4, 0.5) is 0 Å². The molecule has 4 heteroatoms. The third kappa shape index (κ3) is 1.96. The molecular formula is C12H16N4. The van der Waals surface area contributed by atoms with Gasteiger partial charge in [0.1, 0.15) is 0 Å². The highest BCUT2D eigenvalue weighted by atomic mass is 15.5. The van der Waals surface area contributed by atoms with Gasteiger partial charge in [0.25, 0.3) is 0 Å². The maximum atomic E-state index is 3.93. The predicted molar refractivity (Wildman–Crippen MR) is 62.6 cm³/mol. The largest absolute Gasteiger partial charge is 0.198 e. The van der Waals surface area contributed by atoms with E-state index in [2.05, 4.69) is 48.4 Å². The van der Waals surface area contributed by atoms with E-state index in [4.69, 9.17) is 0 Å². The van der Waals surface area contributed by atoms with Gasteiger partial charge in [-0.2, -0.15) is 4.68 Å². The summed E-state index contributed by atoms with van der Waals surface area (Å²) >= 11 is 0. The van der Waals surface area contributed by atoms with Crippen LogP contribution in [0.15, 0.2) is 24.3 Å². The monoisotopic (exact) mass is 216 g/mol. The topological polar surface area (TPSA) is 43.6 Å². The molecule has 0 aliphatic heterocycles. The molecule has 0 spiro atoms. The fourth-order valence-electron chi connectivity index (χ4n) is 1.57. The summed E-state index contributed by atoms with van der Waals surface area (Å²) in [5.41, 5.74) is 2.48. The van der Waals surface area contributed by atoms with Gasteiger partial charge in [-0.15, -0.1) is 5.10 Å². The van der Waals surface area contributed by atoms with Crippen molar-refractivity contribution in [3.05, 3.63) is 35.7 Å². The van der Waals surface area contributed by atoms with Gasteiger partial charge in [-0.1, -0.05) is 32.9 Å². The second-order valence-corrected chi connectivity index (χ2v) is 4.93. The lowest BCUT2D eigenvalue weighted by molar-refractivity contribution is 0.590. The van der Waals surface area contributed by atoms with Crippen LogP contribution < -0.4 is 0 Å². The Morgan fingerprint density at radius 3 is 2.12 bits per heavy atom. The van der Waals surface area contributed by atoms with Gasteiger partial charge in [0.05, 0.1) is 5.69 Å². The van der Waals surface area contributed by atoms with E-state index < -0.39 is 0 Å². The second-order valence-electron chi connectivity index (χ2n) is 4.93. The Balaban J connectivity index is 2.37. The van der Waals surface area contributed by atoms with Crippen LogP contribution in [-0.4, -0.2) is 20.2 Å². The first kappa shape index (κ1) is 10.8. The molecule has 84 valence electrons. The molecule has 0 aliphatic rings. The second kappa shape index (κ2) is 3.70. The molecule has 0 saturated heterocycles. The Morgan fingerprint density at radius 2 is 1.69 bits per heavy atom. The van der Waals surface area contributed by atoms with E-state index >= 15 is 0 Å². The molecule has 0 amide bonds. The van der Waals surface area contributed by atoms with E-state index in [0.29, 0.717) is 0 Å². The SMILES string of the molecule is Cc1nnnn1-c1ccc(C(C)(C)C)cc1. The van der Waals surface area contributed by atoms with Gasteiger partial charge >= 0.3 is 0 Å². The smallest absolute Gasteiger partial charge is 0.153 e. The Labute approximate surface area is 95.3 Å². The summed E-state index contributed by atoms with van der Waals surface area (Å²) in [7, 11) is 0. The number of aromatic nitrogens is 4. The fraction of sp³-hybridized carbons (Fsp3) is 0.417. The van der Waals surface area contributed by atoms with Gasteiger partial charge in [0, 0.05) is 0 Å². The third-order valence-corrected chi connectivity index (χ3v) is 2.60. The molecule has 16 heavy (non-hydrogen) atoms. The molecule has 4 nitrogen and oxygen atoms in total. The minimum absolute atomic E-state index is 0.175. The van der Waals surface area contributed by atoms with Crippen LogP contribution in [0.3, 0.4) is 0 Å². The quantitative estimate of drug-likeness (QED) is 0.734. The molecule has 0 bridgehead atoms. The molecule has 1 heterocycles. The number of tetrazole rings is 1. The Morgan fingerprint density at radius 1 is 1.06 bits per heavy atom. The minimum Gasteiger partial charge on any atom is -0.198 e. The summed E-state index contributed by atoms with van der Waals surface area (Å²) in [4.78, 5) is 0. The lowest BCUT2D eigenvalue weighted by Crippen LogP contribution is -2.11. The van der Waals surface area contributed by atoms with Gasteiger partial charge in [0.15, 0.2) is 5.82 Å². The van der Waals surface area contributed by atoms with Crippen molar-refractivity contribution < 1.29 is 0 Å². The van der Waals surface area contributed by atoms with Gasteiger partial charge < -0.3 is 0 Å². The molecule has 2 aromatic rings. The van der Waals surface area contributed by atoms with E-state index in [1.54, 1.807) is 4.68 Å². The maximum Gasteiger partial charge on any atom is 0.153 e. The van der Waals surface area contributed by atoms with Crippen LogP contribution in [0.2, 0.25) is 0 Å². The van der Waals surface area contributed by atoms with Gasteiger partial charge in [-0.05, 0) is 40.5 Å². The molecule has 0 radical (unpaired) electrons. The number of rotatable bonds is 1. The van der Waals surface area contributed by atoms with E-state index in [9.17, 15) is 0 Å². The van der Waals surface area contributed by atoms with Crippen LogP contribution in [0, 0.1) is 6.92 Å². The van der Waals surface area contributed by atoms with Crippen LogP contribution >= 0.6 is 0 Å². The van der Waals surface area contributed by atoms with Gasteiger partial charge in [0.2, 0.25) is 0 Å². The molecule has 0 fully saturated rings. The molecule has 0 saturated carbocycles. The van der Waals surface area contributed by atoms with Crippen molar-refractivity contribution in [2.24, 2.45) is 0 Å². The zero-order valence-electron chi connectivity index (χ0n) is 10.1. The highest BCUT2D eigenvalue weighted by Crippen LogP contribution is 2.22. The number of benzene rings is 1. The van der Waals surface area contributed by atoms with Crippen molar-refractivity contribution in [1.29, 1.82) is 0 Å². The standard InChI is InChI=1S/C12H16N4/c1-9-13-14-15-16(9)11-7-5-10(6-8-11)12(2,3)4/h5-8H,1-4H3. The molecule has 0 unspecified atom stereocenters. The number of nitrogens with zero attached hydrogens (tertiary/aromatic N) is 4. The van der Waals surface area contributed by atoms with Crippen molar-refractivity contribution in [2.45, 2.75) is 33.1 Å². The molecule has 0 aliphatic carbocycles. The number of hydrogen-bond acceptors (Lipinski definition) is 3. The van der Waals surface area contributed by atoms with Crippen molar-refractivity contribution in [3.63, 3.8) is 0 Å². The fourth-order valence-corrected chi connectivity index (χ4v) is 1.57. The zero-order chi connectivity index (χ0) is 11.8. The normalized spacial score (nSPS) is 11.8. The van der Waals surface area contributed by atoms with E-state index in [1.807, 2.05) is 19.1 Å². The highest BCUT2D eigenvalue weighted by Gasteiger charge is 2.13. The van der Waals surface area contributed by atoms with E-state index in [1.165, 1.54) is 5.56 Å². The summed E-state index contributed by atoms with van der Waals surface area (Å²) in [5.74, 6) is 0.795. The first-order chi connectivity index (χ1) is 7.48. The van der Waals surface area contributed by atoms with Crippen LogP contribution in [-0.2, 0) is 5.41 Å². The molecule has 0 N–H and O–H groups in total.